The van der Waals surface area contributed by atoms with Crippen LogP contribution in [0, 0.1) is 0 Å². The number of ether oxygens (including phenoxy) is 7. The van der Waals surface area contributed by atoms with Crippen molar-refractivity contribution in [3.05, 3.63) is 53.6 Å². The third-order valence-electron chi connectivity index (χ3n) is 5.83. The Kier molecular flexibility index (Phi) is 18.2. The van der Waals surface area contributed by atoms with Crippen molar-refractivity contribution in [2.45, 2.75) is 19.3 Å². The van der Waals surface area contributed by atoms with Gasteiger partial charge in [-0.15, -0.1) is 0 Å². The lowest BCUT2D eigenvalue weighted by Crippen LogP contribution is -2.31. The molecule has 0 saturated heterocycles. The van der Waals surface area contributed by atoms with E-state index in [1.54, 1.807) is 14.2 Å². The number of aryl methyl sites for hydroxylation is 2. The Hall–Kier alpha value is -2.89. The molecular weight excluding hydrogens is 516 g/mol. The molecule has 0 aliphatic rings. The summed E-state index contributed by atoms with van der Waals surface area (Å²) in [5.41, 5.74) is 2.36. The van der Waals surface area contributed by atoms with Crippen LogP contribution in [0.25, 0.3) is 0 Å². The van der Waals surface area contributed by atoms with Crippen molar-refractivity contribution in [1.29, 1.82) is 0 Å². The molecule has 224 valence electrons. The highest BCUT2D eigenvalue weighted by Gasteiger charge is 2.06. The average Bonchev–Trinajstić information content (AvgIpc) is 2.98. The summed E-state index contributed by atoms with van der Waals surface area (Å²) in [5, 5.41) is 5.81. The number of hydrogen-bond donors (Lipinski definition) is 2. The van der Waals surface area contributed by atoms with Gasteiger partial charge in [0.05, 0.1) is 67.1 Å². The third kappa shape index (κ3) is 15.0. The van der Waals surface area contributed by atoms with Gasteiger partial charge >= 0.3 is 0 Å². The zero-order chi connectivity index (χ0) is 28.7. The van der Waals surface area contributed by atoms with Crippen molar-refractivity contribution in [1.82, 2.24) is 10.6 Å². The predicted molar refractivity (Wildman–Crippen MR) is 154 cm³/mol. The maximum Gasteiger partial charge on any atom is 0.258 e. The van der Waals surface area contributed by atoms with E-state index in [0.29, 0.717) is 65.1 Å². The number of likely N-dealkylation sites (N-methyl/N-ethyl adjacent to an activating group) is 1. The van der Waals surface area contributed by atoms with Crippen LogP contribution in [0.3, 0.4) is 0 Å². The molecule has 0 aromatic heterocycles. The van der Waals surface area contributed by atoms with Crippen molar-refractivity contribution in [3.63, 3.8) is 0 Å². The lowest BCUT2D eigenvalue weighted by molar-refractivity contribution is -0.123. The van der Waals surface area contributed by atoms with Crippen LogP contribution in [-0.2, 0) is 36.6 Å². The Morgan fingerprint density at radius 1 is 0.700 bits per heavy atom. The maximum atomic E-state index is 12.1. The van der Waals surface area contributed by atoms with Crippen molar-refractivity contribution in [3.8, 4) is 17.2 Å². The first kappa shape index (κ1) is 33.3. The molecule has 0 aliphatic heterocycles. The summed E-state index contributed by atoms with van der Waals surface area (Å²) in [5.74, 6) is 1.96. The highest BCUT2D eigenvalue weighted by molar-refractivity contribution is 5.77. The number of amides is 1. The van der Waals surface area contributed by atoms with Crippen molar-refractivity contribution >= 4 is 5.91 Å². The number of hydrogen-bond acceptors (Lipinski definition) is 9. The van der Waals surface area contributed by atoms with Gasteiger partial charge in [-0.2, -0.15) is 0 Å². The van der Waals surface area contributed by atoms with Gasteiger partial charge in [0.25, 0.3) is 5.91 Å². The Morgan fingerprint density at radius 2 is 1.30 bits per heavy atom. The van der Waals surface area contributed by atoms with E-state index in [2.05, 4.69) is 22.8 Å². The molecule has 0 spiro atoms. The van der Waals surface area contributed by atoms with E-state index in [-0.39, 0.29) is 12.5 Å². The number of nitrogens with one attached hydrogen (secondary N) is 2. The molecular formula is C30H46N2O8. The Labute approximate surface area is 238 Å². The maximum absolute atomic E-state index is 12.1. The highest BCUT2D eigenvalue weighted by atomic mass is 16.6. The number of rotatable bonds is 24. The molecule has 0 fully saturated rings. The van der Waals surface area contributed by atoms with Crippen LogP contribution in [0.15, 0.2) is 42.5 Å². The van der Waals surface area contributed by atoms with Crippen LogP contribution in [0.2, 0.25) is 0 Å². The minimum Gasteiger partial charge on any atom is -0.493 e. The first-order valence-corrected chi connectivity index (χ1v) is 13.8. The van der Waals surface area contributed by atoms with Crippen molar-refractivity contribution < 1.29 is 38.0 Å². The summed E-state index contributed by atoms with van der Waals surface area (Å²) < 4.78 is 38.1. The fraction of sp³-hybridized carbons (Fsp3) is 0.567. The van der Waals surface area contributed by atoms with Gasteiger partial charge in [0.2, 0.25) is 0 Å². The predicted octanol–water partition coefficient (Wildman–Crippen LogP) is 2.66. The van der Waals surface area contributed by atoms with Gasteiger partial charge < -0.3 is 43.8 Å². The van der Waals surface area contributed by atoms with E-state index in [1.807, 2.05) is 37.4 Å². The van der Waals surface area contributed by atoms with E-state index in [9.17, 15) is 4.79 Å². The van der Waals surface area contributed by atoms with Crippen LogP contribution in [0.1, 0.15) is 17.5 Å². The molecule has 2 aromatic carbocycles. The molecule has 40 heavy (non-hydrogen) atoms. The van der Waals surface area contributed by atoms with Crippen LogP contribution >= 0.6 is 0 Å². The van der Waals surface area contributed by atoms with Gasteiger partial charge in [0, 0.05) is 13.1 Å². The summed E-state index contributed by atoms with van der Waals surface area (Å²) in [4.78, 5) is 12.1. The number of carbonyl (C=O) groups is 1. The van der Waals surface area contributed by atoms with Gasteiger partial charge in [-0.3, -0.25) is 4.79 Å². The topological polar surface area (TPSA) is 106 Å². The SMILES string of the molecule is CNCCOCCOCCOCCOCCNC(=O)COc1cccc(CCCc2ccc(OC)c(OC)c2)c1. The second-order valence-corrected chi connectivity index (χ2v) is 8.88. The molecule has 2 aromatic rings. The molecule has 0 saturated carbocycles. The summed E-state index contributed by atoms with van der Waals surface area (Å²) in [6.45, 7) is 5.39. The lowest BCUT2D eigenvalue weighted by Gasteiger charge is -2.11. The van der Waals surface area contributed by atoms with Crippen molar-refractivity contribution in [2.75, 3.05) is 93.8 Å². The van der Waals surface area contributed by atoms with Crippen LogP contribution in [-0.4, -0.2) is 99.7 Å². The summed E-state index contributed by atoms with van der Waals surface area (Å²) in [7, 11) is 5.17. The summed E-state index contributed by atoms with van der Waals surface area (Å²) in [6.07, 6.45) is 2.80. The minimum absolute atomic E-state index is 0.0429. The van der Waals surface area contributed by atoms with E-state index >= 15 is 0 Å². The molecule has 0 radical (unpaired) electrons. The molecule has 0 unspecified atom stereocenters. The molecule has 0 bridgehead atoms. The van der Waals surface area contributed by atoms with E-state index in [0.717, 1.165) is 42.9 Å². The smallest absolute Gasteiger partial charge is 0.258 e. The largest absolute Gasteiger partial charge is 0.493 e. The molecule has 10 nitrogen and oxygen atoms in total. The van der Waals surface area contributed by atoms with Gasteiger partial charge in [-0.1, -0.05) is 18.2 Å². The lowest BCUT2D eigenvalue weighted by atomic mass is 10.0. The highest BCUT2D eigenvalue weighted by Crippen LogP contribution is 2.28. The second-order valence-electron chi connectivity index (χ2n) is 8.88. The fourth-order valence-corrected chi connectivity index (χ4v) is 3.72. The molecule has 1 amide bonds. The second kappa shape index (κ2) is 21.9. The zero-order valence-electron chi connectivity index (χ0n) is 24.2. The molecule has 0 atom stereocenters. The number of benzene rings is 2. The first-order valence-electron chi connectivity index (χ1n) is 13.8. The summed E-state index contributed by atoms with van der Waals surface area (Å²) in [6, 6.07) is 13.9. The molecule has 2 N–H and O–H groups in total. The zero-order valence-corrected chi connectivity index (χ0v) is 24.2. The molecule has 0 aliphatic carbocycles. The molecule has 0 heterocycles. The minimum atomic E-state index is -0.189. The van der Waals surface area contributed by atoms with E-state index in [4.69, 9.17) is 33.2 Å². The quantitative estimate of drug-likeness (QED) is 0.187. The molecule has 2 rings (SSSR count). The summed E-state index contributed by atoms with van der Waals surface area (Å²) >= 11 is 0. The fourth-order valence-electron chi connectivity index (χ4n) is 3.72. The van der Waals surface area contributed by atoms with E-state index in [1.165, 1.54) is 5.56 Å². The Balaban J connectivity index is 1.48. The Morgan fingerprint density at radius 3 is 1.93 bits per heavy atom. The third-order valence-corrected chi connectivity index (χ3v) is 5.83. The number of methoxy groups -OCH3 is 2. The Bertz CT molecular complexity index is 944. The monoisotopic (exact) mass is 562 g/mol. The van der Waals surface area contributed by atoms with Crippen LogP contribution in [0.4, 0.5) is 0 Å². The first-order chi connectivity index (χ1) is 19.7. The van der Waals surface area contributed by atoms with Crippen molar-refractivity contribution in [2.24, 2.45) is 0 Å². The van der Waals surface area contributed by atoms with Gasteiger partial charge in [-0.05, 0) is 61.7 Å². The number of carbonyl (C=O) groups excluding carboxylic acids is 1. The average molecular weight is 563 g/mol. The van der Waals surface area contributed by atoms with Crippen LogP contribution < -0.4 is 24.8 Å². The van der Waals surface area contributed by atoms with Gasteiger partial charge in [0.1, 0.15) is 5.75 Å². The van der Waals surface area contributed by atoms with E-state index < -0.39 is 0 Å². The molecule has 10 heteroatoms. The van der Waals surface area contributed by atoms with Gasteiger partial charge in [0.15, 0.2) is 18.1 Å². The normalized spacial score (nSPS) is 10.9. The van der Waals surface area contributed by atoms with Gasteiger partial charge in [-0.25, -0.2) is 0 Å². The van der Waals surface area contributed by atoms with Crippen LogP contribution in [0.5, 0.6) is 17.2 Å². The standard InChI is InChI=1S/C30H46N2O8/c1-31-12-14-36-16-18-38-20-21-39-19-17-37-15-13-32-30(33)24-40-27-9-5-8-25(22-27)6-4-7-26-10-11-28(34-2)29(23-26)35-3/h5,8-11,22-23,31H,4,6-7,12-21,24H2,1-3H3,(H,32,33).